The van der Waals surface area contributed by atoms with Crippen LogP contribution in [0.5, 0.6) is 0 Å². The predicted molar refractivity (Wildman–Crippen MR) is 70.3 cm³/mol. The van der Waals surface area contributed by atoms with Crippen molar-refractivity contribution in [3.05, 3.63) is 46.2 Å². The van der Waals surface area contributed by atoms with Gasteiger partial charge >= 0.3 is 0 Å². The summed E-state index contributed by atoms with van der Waals surface area (Å²) in [5, 5.41) is 3.24. The fourth-order valence-electron chi connectivity index (χ4n) is 1.50. The Balaban J connectivity index is 2.03. The van der Waals surface area contributed by atoms with Crippen LogP contribution in [0, 0.1) is 19.7 Å². The maximum atomic E-state index is 13.4. The summed E-state index contributed by atoms with van der Waals surface area (Å²) in [4.78, 5) is 17.0. The number of nitrogens with one attached hydrogen (secondary N) is 1. The van der Waals surface area contributed by atoms with Crippen LogP contribution in [0.15, 0.2) is 24.3 Å². The molecule has 0 aliphatic heterocycles. The highest BCUT2D eigenvalue weighted by Gasteiger charge is 2.10. The topological polar surface area (TPSA) is 42.0 Å². The van der Waals surface area contributed by atoms with Gasteiger partial charge < -0.3 is 5.32 Å². The second-order valence-electron chi connectivity index (χ2n) is 3.98. The van der Waals surface area contributed by atoms with Crippen molar-refractivity contribution in [1.29, 1.82) is 0 Å². The Morgan fingerprint density at radius 3 is 2.72 bits per heavy atom. The number of nitrogens with zero attached hydrogens (tertiary/aromatic N) is 1. The number of benzene rings is 1. The summed E-state index contributed by atoms with van der Waals surface area (Å²) >= 11 is 1.42. The van der Waals surface area contributed by atoms with Gasteiger partial charge in [-0.25, -0.2) is 9.37 Å². The van der Waals surface area contributed by atoms with Crippen molar-refractivity contribution in [3.8, 4) is 0 Å². The molecule has 0 spiro atoms. The van der Waals surface area contributed by atoms with Gasteiger partial charge in [0.25, 0.3) is 0 Å². The molecular weight excluding hydrogens is 251 g/mol. The molecule has 1 amide bonds. The van der Waals surface area contributed by atoms with Gasteiger partial charge in [-0.2, -0.15) is 0 Å². The van der Waals surface area contributed by atoms with E-state index in [1.54, 1.807) is 18.2 Å². The molecular formula is C13H13FN2OS. The van der Waals surface area contributed by atoms with E-state index in [1.807, 2.05) is 13.8 Å². The van der Waals surface area contributed by atoms with Gasteiger partial charge in [0.2, 0.25) is 5.91 Å². The summed E-state index contributed by atoms with van der Waals surface area (Å²) in [5.41, 5.74) is 1.29. The SMILES string of the molecule is Cc1nc(NC(=O)Cc2ccccc2F)sc1C. The fourth-order valence-corrected chi connectivity index (χ4v) is 2.34. The Morgan fingerprint density at radius 1 is 1.39 bits per heavy atom. The van der Waals surface area contributed by atoms with Crippen molar-refractivity contribution in [2.75, 3.05) is 5.32 Å². The highest BCUT2D eigenvalue weighted by atomic mass is 32.1. The second-order valence-corrected chi connectivity index (χ2v) is 5.18. The maximum absolute atomic E-state index is 13.4. The Bertz CT molecular complexity index is 561. The molecule has 94 valence electrons. The van der Waals surface area contributed by atoms with E-state index in [2.05, 4.69) is 10.3 Å². The number of anilines is 1. The number of thiazole rings is 1. The fraction of sp³-hybridized carbons (Fsp3) is 0.231. The molecule has 2 rings (SSSR count). The first-order valence-electron chi connectivity index (χ1n) is 5.53. The number of carbonyl (C=O) groups is 1. The van der Waals surface area contributed by atoms with Crippen molar-refractivity contribution < 1.29 is 9.18 Å². The first-order chi connectivity index (χ1) is 8.56. The number of hydrogen-bond donors (Lipinski definition) is 1. The van der Waals surface area contributed by atoms with E-state index in [1.165, 1.54) is 17.4 Å². The molecule has 0 fully saturated rings. The van der Waals surface area contributed by atoms with Crippen molar-refractivity contribution in [2.24, 2.45) is 0 Å². The van der Waals surface area contributed by atoms with Crippen LogP contribution in [-0.2, 0) is 11.2 Å². The summed E-state index contributed by atoms with van der Waals surface area (Å²) in [7, 11) is 0. The van der Waals surface area contributed by atoms with Gasteiger partial charge in [-0.1, -0.05) is 18.2 Å². The number of amides is 1. The Labute approximate surface area is 109 Å². The Morgan fingerprint density at radius 2 is 2.11 bits per heavy atom. The molecule has 0 unspecified atom stereocenters. The van der Waals surface area contributed by atoms with E-state index in [9.17, 15) is 9.18 Å². The zero-order valence-corrected chi connectivity index (χ0v) is 11.0. The largest absolute Gasteiger partial charge is 0.302 e. The molecule has 0 saturated heterocycles. The van der Waals surface area contributed by atoms with E-state index in [0.29, 0.717) is 10.7 Å². The summed E-state index contributed by atoms with van der Waals surface area (Å²) in [6.07, 6.45) is 0.0182. The zero-order valence-electron chi connectivity index (χ0n) is 10.2. The molecule has 5 heteroatoms. The number of rotatable bonds is 3. The van der Waals surface area contributed by atoms with Gasteiger partial charge in [0, 0.05) is 4.88 Å². The lowest BCUT2D eigenvalue weighted by atomic mass is 10.1. The highest BCUT2D eigenvalue weighted by molar-refractivity contribution is 7.15. The van der Waals surface area contributed by atoms with E-state index in [0.717, 1.165) is 10.6 Å². The number of carbonyl (C=O) groups excluding carboxylic acids is 1. The van der Waals surface area contributed by atoms with Gasteiger partial charge in [-0.15, -0.1) is 11.3 Å². The molecule has 1 aromatic heterocycles. The second kappa shape index (κ2) is 5.27. The van der Waals surface area contributed by atoms with Crippen molar-refractivity contribution in [2.45, 2.75) is 20.3 Å². The summed E-state index contributed by atoms with van der Waals surface area (Å²) in [6.45, 7) is 3.83. The molecule has 0 saturated carbocycles. The molecule has 3 nitrogen and oxygen atoms in total. The van der Waals surface area contributed by atoms with Crippen LogP contribution in [0.1, 0.15) is 16.1 Å². The molecule has 0 bridgehead atoms. The highest BCUT2D eigenvalue weighted by Crippen LogP contribution is 2.21. The number of aromatic nitrogens is 1. The molecule has 2 aromatic rings. The lowest BCUT2D eigenvalue weighted by Gasteiger charge is -2.02. The normalized spacial score (nSPS) is 10.4. The average Bonchev–Trinajstić information content (AvgIpc) is 2.61. The smallest absolute Gasteiger partial charge is 0.230 e. The van der Waals surface area contributed by atoms with Gasteiger partial charge in [0.15, 0.2) is 5.13 Å². The van der Waals surface area contributed by atoms with E-state index >= 15 is 0 Å². The predicted octanol–water partition coefficient (Wildman–Crippen LogP) is 3.08. The third-order valence-electron chi connectivity index (χ3n) is 2.58. The monoisotopic (exact) mass is 264 g/mol. The third-order valence-corrected chi connectivity index (χ3v) is 3.57. The van der Waals surface area contributed by atoms with Crippen molar-refractivity contribution in [3.63, 3.8) is 0 Å². The molecule has 18 heavy (non-hydrogen) atoms. The minimum Gasteiger partial charge on any atom is -0.302 e. The number of hydrogen-bond acceptors (Lipinski definition) is 3. The number of aryl methyl sites for hydroxylation is 2. The third kappa shape index (κ3) is 2.92. The molecule has 0 atom stereocenters. The molecule has 0 aliphatic rings. The maximum Gasteiger partial charge on any atom is 0.230 e. The van der Waals surface area contributed by atoms with Crippen molar-refractivity contribution >= 4 is 22.4 Å². The van der Waals surface area contributed by atoms with Crippen LogP contribution < -0.4 is 5.32 Å². The van der Waals surface area contributed by atoms with Crippen LogP contribution in [0.4, 0.5) is 9.52 Å². The minimum atomic E-state index is -0.362. The molecule has 1 aromatic carbocycles. The average molecular weight is 264 g/mol. The van der Waals surface area contributed by atoms with Crippen LogP contribution in [-0.4, -0.2) is 10.9 Å². The molecule has 1 heterocycles. The van der Waals surface area contributed by atoms with Crippen molar-refractivity contribution in [1.82, 2.24) is 4.98 Å². The van der Waals surface area contributed by atoms with Gasteiger partial charge in [0.1, 0.15) is 5.82 Å². The molecule has 0 aliphatic carbocycles. The van der Waals surface area contributed by atoms with Gasteiger partial charge in [0.05, 0.1) is 12.1 Å². The summed E-state index contributed by atoms with van der Waals surface area (Å²) < 4.78 is 13.4. The Kier molecular flexibility index (Phi) is 3.72. The minimum absolute atomic E-state index is 0.0182. The first-order valence-corrected chi connectivity index (χ1v) is 6.35. The van der Waals surface area contributed by atoms with Crippen LogP contribution in [0.3, 0.4) is 0 Å². The van der Waals surface area contributed by atoms with Gasteiger partial charge in [-0.3, -0.25) is 4.79 Å². The molecule has 0 radical (unpaired) electrons. The lowest BCUT2D eigenvalue weighted by Crippen LogP contribution is -2.15. The molecule has 1 N–H and O–H groups in total. The van der Waals surface area contributed by atoms with E-state index in [4.69, 9.17) is 0 Å². The number of halogens is 1. The quantitative estimate of drug-likeness (QED) is 0.925. The Hall–Kier alpha value is -1.75. The zero-order chi connectivity index (χ0) is 13.1. The van der Waals surface area contributed by atoms with Crippen LogP contribution in [0.2, 0.25) is 0 Å². The van der Waals surface area contributed by atoms with E-state index < -0.39 is 0 Å². The summed E-state index contributed by atoms with van der Waals surface area (Å²) in [6, 6.07) is 6.27. The summed E-state index contributed by atoms with van der Waals surface area (Å²) in [5.74, 6) is -0.618. The van der Waals surface area contributed by atoms with E-state index in [-0.39, 0.29) is 18.1 Å². The first kappa shape index (κ1) is 12.7. The standard InChI is InChI=1S/C13H13FN2OS/c1-8-9(2)18-13(15-8)16-12(17)7-10-5-3-4-6-11(10)14/h3-6H,7H2,1-2H3,(H,15,16,17). The lowest BCUT2D eigenvalue weighted by molar-refractivity contribution is -0.115. The van der Waals surface area contributed by atoms with Gasteiger partial charge in [-0.05, 0) is 25.5 Å². The van der Waals surface area contributed by atoms with Crippen LogP contribution in [0.25, 0.3) is 0 Å². The van der Waals surface area contributed by atoms with Crippen LogP contribution >= 0.6 is 11.3 Å².